The van der Waals surface area contributed by atoms with Crippen LogP contribution in [0.15, 0.2) is 60.1 Å². The molecule has 5 heterocycles. The molecule has 0 aliphatic carbocycles. The third-order valence-corrected chi connectivity index (χ3v) is 5.18. The minimum atomic E-state index is 0.518. The first-order valence-electron chi connectivity index (χ1n) is 8.85. The number of aliphatic imine (C=N–C) groups is 1. The molecular formula is C20H13ClN6O. The van der Waals surface area contributed by atoms with Gasteiger partial charge in [-0.2, -0.15) is 0 Å². The van der Waals surface area contributed by atoms with Crippen LogP contribution in [-0.4, -0.2) is 38.5 Å². The Balaban J connectivity index is 1.42. The van der Waals surface area contributed by atoms with Gasteiger partial charge in [-0.05, 0) is 30.3 Å². The van der Waals surface area contributed by atoms with Gasteiger partial charge in [0.05, 0.1) is 18.4 Å². The van der Waals surface area contributed by atoms with E-state index in [4.69, 9.17) is 21.3 Å². The predicted molar refractivity (Wildman–Crippen MR) is 107 cm³/mol. The number of nitrogens with zero attached hydrogens (tertiary/aromatic N) is 6. The number of aromatic nitrogens is 4. The van der Waals surface area contributed by atoms with Crippen LogP contribution >= 0.6 is 11.6 Å². The Bertz CT molecular complexity index is 1280. The molecule has 0 saturated heterocycles. The highest BCUT2D eigenvalue weighted by Crippen LogP contribution is 2.38. The minimum Gasteiger partial charge on any atom is -0.475 e. The Hall–Kier alpha value is -3.45. The standard InChI is InChI=1S/C20H13ClN6O/c21-13-2-1-3-14(9-13)26-5-4-12-8-15(10-22-18(12)26)27-6-7-28-20-16-17(23-11-24-20)25-19(16)27/h1-5,8-11H,6-7H2. The second-order valence-electron chi connectivity index (χ2n) is 6.58. The van der Waals surface area contributed by atoms with Crippen LogP contribution in [0.5, 0.6) is 5.88 Å². The van der Waals surface area contributed by atoms with Crippen LogP contribution in [0.1, 0.15) is 5.56 Å². The van der Waals surface area contributed by atoms with Crippen molar-refractivity contribution in [2.75, 3.05) is 18.1 Å². The van der Waals surface area contributed by atoms with Crippen molar-refractivity contribution < 1.29 is 4.74 Å². The fraction of sp³-hybridized carbons (Fsp3) is 0.100. The summed E-state index contributed by atoms with van der Waals surface area (Å²) in [7, 11) is 0. The molecule has 28 heavy (non-hydrogen) atoms. The smallest absolute Gasteiger partial charge is 0.230 e. The summed E-state index contributed by atoms with van der Waals surface area (Å²) < 4.78 is 7.79. The van der Waals surface area contributed by atoms with E-state index in [2.05, 4.69) is 25.9 Å². The number of benzene rings is 1. The minimum absolute atomic E-state index is 0.518. The van der Waals surface area contributed by atoms with E-state index in [0.717, 1.165) is 33.8 Å². The maximum atomic E-state index is 6.14. The number of pyridine rings is 1. The van der Waals surface area contributed by atoms with E-state index in [0.29, 0.717) is 29.9 Å². The molecule has 136 valence electrons. The molecule has 0 fully saturated rings. The molecule has 0 bridgehead atoms. The van der Waals surface area contributed by atoms with E-state index < -0.39 is 0 Å². The van der Waals surface area contributed by atoms with Gasteiger partial charge in [0, 0.05) is 22.3 Å². The summed E-state index contributed by atoms with van der Waals surface area (Å²) in [6.45, 7) is 1.18. The highest BCUT2D eigenvalue weighted by Gasteiger charge is 2.34. The van der Waals surface area contributed by atoms with Crippen LogP contribution in [0.4, 0.5) is 11.5 Å². The molecule has 2 aliphatic heterocycles. The summed E-state index contributed by atoms with van der Waals surface area (Å²) in [5.74, 6) is 2.10. The van der Waals surface area contributed by atoms with Crippen LogP contribution in [0.25, 0.3) is 16.7 Å². The monoisotopic (exact) mass is 388 g/mol. The van der Waals surface area contributed by atoms with Gasteiger partial charge in [-0.25, -0.2) is 19.9 Å². The van der Waals surface area contributed by atoms with Crippen LogP contribution in [0.2, 0.25) is 5.02 Å². The topological polar surface area (TPSA) is 68.4 Å². The average Bonchev–Trinajstić information content (AvgIpc) is 3.02. The Kier molecular flexibility index (Phi) is 3.21. The van der Waals surface area contributed by atoms with Gasteiger partial charge in [0.25, 0.3) is 0 Å². The quantitative estimate of drug-likeness (QED) is 0.523. The summed E-state index contributed by atoms with van der Waals surface area (Å²) in [5, 5.41) is 1.73. The van der Waals surface area contributed by atoms with Crippen molar-refractivity contribution in [3.8, 4) is 11.6 Å². The highest BCUT2D eigenvalue weighted by molar-refractivity contribution is 6.30. The third-order valence-electron chi connectivity index (χ3n) is 4.95. The number of hydrogen-bond acceptors (Lipinski definition) is 6. The summed E-state index contributed by atoms with van der Waals surface area (Å²) in [5.41, 5.74) is 3.68. The van der Waals surface area contributed by atoms with E-state index in [1.54, 1.807) is 0 Å². The molecule has 0 amide bonds. The van der Waals surface area contributed by atoms with Crippen LogP contribution in [-0.2, 0) is 0 Å². The second kappa shape index (κ2) is 5.77. The first-order valence-corrected chi connectivity index (χ1v) is 9.23. The van der Waals surface area contributed by atoms with Gasteiger partial charge in [0.2, 0.25) is 5.88 Å². The molecule has 7 nitrogen and oxygen atoms in total. The number of ether oxygens (including phenoxy) is 1. The molecule has 0 radical (unpaired) electrons. The molecule has 4 aromatic rings. The molecule has 0 N–H and O–H groups in total. The van der Waals surface area contributed by atoms with Gasteiger partial charge in [-0.15, -0.1) is 0 Å². The lowest BCUT2D eigenvalue weighted by Crippen LogP contribution is -2.35. The van der Waals surface area contributed by atoms with Gasteiger partial charge in [-0.1, -0.05) is 17.7 Å². The van der Waals surface area contributed by atoms with Gasteiger partial charge in [-0.3, -0.25) is 0 Å². The number of amidine groups is 1. The molecular weight excluding hydrogens is 376 g/mol. The zero-order valence-electron chi connectivity index (χ0n) is 14.6. The summed E-state index contributed by atoms with van der Waals surface area (Å²) in [4.78, 5) is 19.8. The van der Waals surface area contributed by atoms with Crippen LogP contribution < -0.4 is 9.64 Å². The largest absolute Gasteiger partial charge is 0.475 e. The number of hydrogen-bond donors (Lipinski definition) is 0. The molecule has 2 aliphatic rings. The van der Waals surface area contributed by atoms with Crippen molar-refractivity contribution in [1.82, 2.24) is 19.5 Å². The van der Waals surface area contributed by atoms with Crippen LogP contribution in [0, 0.1) is 0 Å². The Labute approximate surface area is 164 Å². The lowest BCUT2D eigenvalue weighted by Gasteiger charge is -2.27. The number of rotatable bonds is 2. The Morgan fingerprint density at radius 2 is 2.00 bits per heavy atom. The van der Waals surface area contributed by atoms with E-state index in [1.165, 1.54) is 6.33 Å². The van der Waals surface area contributed by atoms with E-state index in [-0.39, 0.29) is 0 Å². The zero-order valence-corrected chi connectivity index (χ0v) is 15.3. The number of halogens is 1. The van der Waals surface area contributed by atoms with E-state index in [1.807, 2.05) is 47.3 Å². The van der Waals surface area contributed by atoms with Crippen molar-refractivity contribution >= 4 is 40.0 Å². The average molecular weight is 389 g/mol. The van der Waals surface area contributed by atoms with Crippen LogP contribution in [0.3, 0.4) is 0 Å². The van der Waals surface area contributed by atoms with Crippen molar-refractivity contribution in [3.63, 3.8) is 0 Å². The van der Waals surface area contributed by atoms with Gasteiger partial charge < -0.3 is 14.2 Å². The summed E-state index contributed by atoms with van der Waals surface area (Å²) in [6.07, 6.45) is 5.34. The molecule has 8 heteroatoms. The molecule has 6 rings (SSSR count). The van der Waals surface area contributed by atoms with E-state index >= 15 is 0 Å². The SMILES string of the molecule is Clc1cccc(-n2ccc3cc(N4CCOc5ncnc6c5C4=N6)cnc32)c1. The normalized spacial score (nSPS) is 14.8. The second-order valence-corrected chi connectivity index (χ2v) is 7.02. The molecule has 0 atom stereocenters. The fourth-order valence-corrected chi connectivity index (χ4v) is 3.82. The Morgan fingerprint density at radius 3 is 2.93 bits per heavy atom. The van der Waals surface area contributed by atoms with E-state index in [9.17, 15) is 0 Å². The highest BCUT2D eigenvalue weighted by atomic mass is 35.5. The molecule has 0 spiro atoms. The molecule has 3 aromatic heterocycles. The Morgan fingerprint density at radius 1 is 1.04 bits per heavy atom. The summed E-state index contributed by atoms with van der Waals surface area (Å²) in [6, 6.07) is 11.9. The first-order chi connectivity index (χ1) is 13.8. The molecule has 0 unspecified atom stereocenters. The summed E-state index contributed by atoms with van der Waals surface area (Å²) >= 11 is 6.14. The lowest BCUT2D eigenvalue weighted by molar-refractivity contribution is 0.319. The maximum absolute atomic E-state index is 6.14. The first kappa shape index (κ1) is 15.6. The lowest BCUT2D eigenvalue weighted by atomic mass is 10.1. The van der Waals surface area contributed by atoms with Crippen molar-refractivity contribution in [1.29, 1.82) is 0 Å². The van der Waals surface area contributed by atoms with Crippen molar-refractivity contribution in [2.24, 2.45) is 4.99 Å². The van der Waals surface area contributed by atoms with Gasteiger partial charge in [0.1, 0.15) is 24.1 Å². The maximum Gasteiger partial charge on any atom is 0.230 e. The molecule has 0 saturated carbocycles. The van der Waals surface area contributed by atoms with Gasteiger partial charge >= 0.3 is 0 Å². The zero-order chi connectivity index (χ0) is 18.7. The fourth-order valence-electron chi connectivity index (χ4n) is 3.63. The number of anilines is 1. The third kappa shape index (κ3) is 2.23. The van der Waals surface area contributed by atoms with Gasteiger partial charge in [0.15, 0.2) is 11.7 Å². The number of fused-ring (bicyclic) bond motifs is 1. The predicted octanol–water partition coefficient (Wildman–Crippen LogP) is 3.76. The molecule has 1 aromatic carbocycles. The van der Waals surface area contributed by atoms with Crippen molar-refractivity contribution in [2.45, 2.75) is 0 Å². The van der Waals surface area contributed by atoms with Crippen molar-refractivity contribution in [3.05, 3.63) is 65.7 Å².